The number of nitrogens with zero attached hydrogens (tertiary/aromatic N) is 1. The minimum Gasteiger partial charge on any atom is -0.347 e. The van der Waals surface area contributed by atoms with Crippen molar-refractivity contribution in [1.82, 2.24) is 5.32 Å². The first-order valence-electron chi connectivity index (χ1n) is 16.1. The van der Waals surface area contributed by atoms with Gasteiger partial charge in [0.1, 0.15) is 18.4 Å². The minimum absolute atomic E-state index is 0.0158. The average Bonchev–Trinajstić information content (AvgIpc) is 2.87. The zero-order valence-corrected chi connectivity index (χ0v) is 27.4. The maximum atomic E-state index is 13.6. The summed E-state index contributed by atoms with van der Waals surface area (Å²) in [6, 6.07) is 2.15. The van der Waals surface area contributed by atoms with Crippen molar-refractivity contribution >= 4 is 17.5 Å². The first kappa shape index (κ1) is 33.7. The lowest BCUT2D eigenvalue weighted by molar-refractivity contribution is -0.176. The van der Waals surface area contributed by atoms with E-state index in [1.165, 1.54) is 0 Å². The Balaban J connectivity index is 1.68. The molecule has 43 heavy (non-hydrogen) atoms. The Labute approximate surface area is 255 Å². The Morgan fingerprint density at radius 1 is 1.02 bits per heavy atom. The van der Waals surface area contributed by atoms with Gasteiger partial charge in [-0.1, -0.05) is 61.5 Å². The number of hydrogen-bond acceptors (Lipinski definition) is 4. The summed E-state index contributed by atoms with van der Waals surface area (Å²) < 4.78 is 38.8. The quantitative estimate of drug-likeness (QED) is 0.332. The van der Waals surface area contributed by atoms with Crippen molar-refractivity contribution in [1.29, 1.82) is 5.26 Å². The normalized spacial score (nSPS) is 40.5. The van der Waals surface area contributed by atoms with E-state index in [9.17, 15) is 32.8 Å². The third-order valence-corrected chi connectivity index (χ3v) is 13.3. The summed E-state index contributed by atoms with van der Waals surface area (Å²) >= 11 is 0. The van der Waals surface area contributed by atoms with Crippen LogP contribution in [-0.2, 0) is 14.4 Å². The largest absolute Gasteiger partial charge is 0.405 e. The number of rotatable bonds is 6. The number of fused-ring (bicyclic) bond motifs is 3. The van der Waals surface area contributed by atoms with Crippen molar-refractivity contribution in [2.75, 3.05) is 6.54 Å². The van der Waals surface area contributed by atoms with E-state index in [4.69, 9.17) is 0 Å². The van der Waals surface area contributed by atoms with Gasteiger partial charge in [0.2, 0.25) is 5.91 Å². The first-order valence-corrected chi connectivity index (χ1v) is 16.1. The van der Waals surface area contributed by atoms with Gasteiger partial charge in [0, 0.05) is 24.7 Å². The van der Waals surface area contributed by atoms with E-state index in [1.807, 2.05) is 19.9 Å². The second-order valence-electron chi connectivity index (χ2n) is 16.8. The summed E-state index contributed by atoms with van der Waals surface area (Å²) in [7, 11) is 0. The van der Waals surface area contributed by atoms with E-state index in [2.05, 4.69) is 52.9 Å². The van der Waals surface area contributed by atoms with Crippen LogP contribution in [0.1, 0.15) is 120 Å². The molecule has 4 rings (SSSR count). The van der Waals surface area contributed by atoms with Crippen LogP contribution in [-0.4, -0.2) is 30.2 Å². The lowest BCUT2D eigenvalue weighted by atomic mass is 9.37. The van der Waals surface area contributed by atoms with E-state index in [-0.39, 0.29) is 52.1 Å². The van der Waals surface area contributed by atoms with Crippen molar-refractivity contribution in [2.45, 2.75) is 126 Å². The molecule has 0 aromatic carbocycles. The Bertz CT molecular complexity index is 1250. The molecule has 0 aromatic rings. The van der Waals surface area contributed by atoms with E-state index in [0.29, 0.717) is 25.7 Å². The first-order chi connectivity index (χ1) is 19.5. The third-order valence-electron chi connectivity index (χ3n) is 13.3. The van der Waals surface area contributed by atoms with Gasteiger partial charge in [-0.2, -0.15) is 18.4 Å². The topological polar surface area (TPSA) is 87.0 Å². The van der Waals surface area contributed by atoms with Gasteiger partial charge in [-0.3, -0.25) is 14.4 Å². The van der Waals surface area contributed by atoms with Gasteiger partial charge in [-0.15, -0.1) is 0 Å². The maximum absolute atomic E-state index is 13.6. The van der Waals surface area contributed by atoms with Crippen LogP contribution >= 0.6 is 0 Å². The highest BCUT2D eigenvalue weighted by Gasteiger charge is 2.66. The number of amides is 1. The number of carbonyl (C=O) groups is 3. The number of ketones is 2. The predicted octanol–water partition coefficient (Wildman–Crippen LogP) is 8.13. The Morgan fingerprint density at radius 3 is 2.26 bits per heavy atom. The monoisotopic (exact) mass is 604 g/mol. The van der Waals surface area contributed by atoms with Gasteiger partial charge in [0.15, 0.2) is 5.78 Å². The van der Waals surface area contributed by atoms with Gasteiger partial charge in [-0.05, 0) is 89.8 Å². The maximum Gasteiger partial charge on any atom is 0.405 e. The molecule has 0 bridgehead atoms. The fourth-order valence-electron chi connectivity index (χ4n) is 10.5. The Kier molecular flexibility index (Phi) is 8.41. The molecule has 0 aliphatic heterocycles. The molecule has 4 aliphatic rings. The molecule has 0 aromatic heterocycles. The fourth-order valence-corrected chi connectivity index (χ4v) is 10.5. The van der Waals surface area contributed by atoms with Crippen molar-refractivity contribution in [2.24, 2.45) is 50.2 Å². The molecule has 1 N–H and O–H groups in total. The smallest absolute Gasteiger partial charge is 0.347 e. The highest BCUT2D eigenvalue weighted by molar-refractivity contribution is 6.04. The Morgan fingerprint density at radius 2 is 1.67 bits per heavy atom. The van der Waals surface area contributed by atoms with Crippen molar-refractivity contribution in [3.63, 3.8) is 0 Å². The number of Topliss-reactive ketones (excluding diaryl/α,β-unsaturated/α-hetero) is 2. The van der Waals surface area contributed by atoms with Crippen LogP contribution in [0.3, 0.4) is 0 Å². The summed E-state index contributed by atoms with van der Waals surface area (Å²) in [4.78, 5) is 39.8. The summed E-state index contributed by atoms with van der Waals surface area (Å²) in [5.74, 6) is -0.390. The zero-order valence-electron chi connectivity index (χ0n) is 27.4. The van der Waals surface area contributed by atoms with Gasteiger partial charge in [0.05, 0.1) is 5.57 Å². The molecule has 8 heteroatoms. The van der Waals surface area contributed by atoms with E-state index >= 15 is 0 Å². The number of nitriles is 1. The SMILES string of the molecule is CC1CC(C)(C)CC[C@@]1(CC[C@]1(C)CC(=O)C[C@@H]2[C@@]3(C)C=C(C#N)C(=O)C(C)(C)[C@@H]3CC[C@]21C)CC(=O)NCC(F)(F)F. The van der Waals surface area contributed by atoms with Crippen LogP contribution in [0.2, 0.25) is 0 Å². The lowest BCUT2D eigenvalue weighted by Gasteiger charge is -2.66. The van der Waals surface area contributed by atoms with Crippen LogP contribution in [0.4, 0.5) is 13.2 Å². The molecule has 3 fully saturated rings. The molecular formula is C35H51F3N2O3. The van der Waals surface area contributed by atoms with Gasteiger partial charge < -0.3 is 5.32 Å². The summed E-state index contributed by atoms with van der Waals surface area (Å²) in [5.41, 5.74) is -2.01. The van der Waals surface area contributed by atoms with Crippen LogP contribution in [0, 0.1) is 61.6 Å². The van der Waals surface area contributed by atoms with E-state index in [1.54, 1.807) is 0 Å². The molecule has 1 unspecified atom stereocenters. The van der Waals surface area contributed by atoms with Crippen molar-refractivity contribution in [3.05, 3.63) is 11.6 Å². The summed E-state index contributed by atoms with van der Waals surface area (Å²) in [6.07, 6.45) is 3.88. The summed E-state index contributed by atoms with van der Waals surface area (Å²) in [6.45, 7) is 15.7. The molecule has 0 heterocycles. The minimum atomic E-state index is -4.46. The molecule has 4 aliphatic carbocycles. The average molecular weight is 605 g/mol. The van der Waals surface area contributed by atoms with E-state index in [0.717, 1.165) is 32.1 Å². The molecule has 0 saturated heterocycles. The van der Waals surface area contributed by atoms with Gasteiger partial charge >= 0.3 is 6.18 Å². The van der Waals surface area contributed by atoms with Gasteiger partial charge in [-0.25, -0.2) is 0 Å². The molecule has 0 spiro atoms. The zero-order chi connectivity index (χ0) is 32.4. The highest BCUT2D eigenvalue weighted by atomic mass is 19.4. The molecule has 7 atom stereocenters. The standard InChI is InChI=1S/C35H51F3N2O3/c1-22-16-29(2,3)11-13-34(22,19-27(42)40-21-35(36,37)38)14-12-31(6)18-24(41)15-26-32(7)17-23(20-39)28(43)30(4,5)25(32)9-10-33(26,31)8/h17,22,25-26H,9-16,18-19,21H2,1-8H3,(H,40,42)/t22?,25-,26+,31+,32-,33+,34+/m0/s1. The van der Waals surface area contributed by atoms with Gasteiger partial charge in [0.25, 0.3) is 0 Å². The lowest BCUT2D eigenvalue weighted by Crippen LogP contribution is -2.62. The number of allylic oxidation sites excluding steroid dienone is 2. The number of hydrogen-bond donors (Lipinski definition) is 1. The highest BCUT2D eigenvalue weighted by Crippen LogP contribution is 2.71. The third kappa shape index (κ3) is 5.84. The van der Waals surface area contributed by atoms with Crippen LogP contribution in [0.5, 0.6) is 0 Å². The number of alkyl halides is 3. The second kappa shape index (κ2) is 10.7. The van der Waals surface area contributed by atoms with Crippen molar-refractivity contribution in [3.8, 4) is 6.07 Å². The molecule has 5 nitrogen and oxygen atoms in total. The van der Waals surface area contributed by atoms with Crippen molar-refractivity contribution < 1.29 is 27.6 Å². The molecule has 240 valence electrons. The number of carbonyl (C=O) groups excluding carboxylic acids is 3. The Hall–Kier alpha value is -2.17. The number of halogens is 3. The predicted molar refractivity (Wildman–Crippen MR) is 159 cm³/mol. The van der Waals surface area contributed by atoms with Crippen LogP contribution in [0.25, 0.3) is 0 Å². The second-order valence-corrected chi connectivity index (χ2v) is 16.8. The van der Waals surface area contributed by atoms with Crippen LogP contribution < -0.4 is 5.32 Å². The fraction of sp³-hybridized carbons (Fsp3) is 0.829. The molecular weight excluding hydrogens is 553 g/mol. The molecule has 3 saturated carbocycles. The number of nitrogens with one attached hydrogen (secondary N) is 1. The summed E-state index contributed by atoms with van der Waals surface area (Å²) in [5, 5.41) is 12.0. The van der Waals surface area contributed by atoms with Crippen LogP contribution in [0.15, 0.2) is 11.6 Å². The molecule has 0 radical (unpaired) electrons. The van der Waals surface area contributed by atoms with E-state index < -0.39 is 40.3 Å². The molecule has 1 amide bonds.